The van der Waals surface area contributed by atoms with Crippen molar-refractivity contribution in [3.8, 4) is 0 Å². The Morgan fingerprint density at radius 1 is 1.26 bits per heavy atom. The molecule has 1 heterocycles. The van der Waals surface area contributed by atoms with Gasteiger partial charge in [-0.25, -0.2) is 0 Å². The predicted molar refractivity (Wildman–Crippen MR) is 95.5 cm³/mol. The molecule has 1 rings (SSSR count). The molecule has 1 saturated heterocycles. The van der Waals surface area contributed by atoms with Gasteiger partial charge in [-0.1, -0.05) is 39.9 Å². The smallest absolute Gasteiger partial charge is 0.265 e. The minimum absolute atomic E-state index is 0.0954. The number of halogens is 3. The topological polar surface area (TPSA) is 119 Å². The standard InChI is InChI=1S/C8H14Cl3N4O5P3/c9-8(10,11)7(12)18-6-3(14-15-13)5(20-23)4(19-22)2(17-6)1-16-21/h2-6,12H,1,21-23H2/t2-,3?,4-,5?,6-/m1/s1. The van der Waals surface area contributed by atoms with Gasteiger partial charge in [0.15, 0.2) is 0 Å². The van der Waals surface area contributed by atoms with Crippen molar-refractivity contribution in [1.82, 2.24) is 0 Å². The second-order valence-corrected chi connectivity index (χ2v) is 7.38. The molecule has 5 unspecified atom stereocenters. The third kappa shape index (κ3) is 5.91. The molecule has 0 radical (unpaired) electrons. The molecule has 0 amide bonds. The molecule has 9 nitrogen and oxygen atoms in total. The SMILES string of the molecule is [N-]=[N+]=NC1C(OP)[C@H](OP)[C@@H](COP)O[C@@H]1OC(=N)C(Cl)(Cl)Cl. The summed E-state index contributed by atoms with van der Waals surface area (Å²) in [4.78, 5) is 2.73. The van der Waals surface area contributed by atoms with E-state index >= 15 is 0 Å². The van der Waals surface area contributed by atoms with Crippen molar-refractivity contribution < 1.29 is 23.0 Å². The Morgan fingerprint density at radius 3 is 2.30 bits per heavy atom. The predicted octanol–water partition coefficient (Wildman–Crippen LogP) is 2.91. The summed E-state index contributed by atoms with van der Waals surface area (Å²) in [6.45, 7) is 0.0954. The minimum Gasteiger partial charge on any atom is -0.448 e. The highest BCUT2D eigenvalue weighted by Crippen LogP contribution is 2.34. The fraction of sp³-hybridized carbons (Fsp3) is 0.875. The van der Waals surface area contributed by atoms with Crippen LogP contribution in [0, 0.1) is 5.41 Å². The van der Waals surface area contributed by atoms with Crippen LogP contribution in [0.1, 0.15) is 0 Å². The third-order valence-electron chi connectivity index (χ3n) is 2.87. The van der Waals surface area contributed by atoms with E-state index in [0.29, 0.717) is 0 Å². The maximum atomic E-state index is 8.75. The lowest BCUT2D eigenvalue weighted by atomic mass is 9.98. The van der Waals surface area contributed by atoms with Gasteiger partial charge in [0.25, 0.3) is 3.79 Å². The van der Waals surface area contributed by atoms with E-state index in [1.165, 1.54) is 0 Å². The highest BCUT2D eigenvalue weighted by molar-refractivity contribution is 7.10. The Bertz CT molecular complexity index is 467. The first-order chi connectivity index (χ1) is 10.8. The molecule has 0 aromatic rings. The number of nitrogens with one attached hydrogen (secondary N) is 1. The largest absolute Gasteiger partial charge is 0.448 e. The molecule has 0 aromatic heterocycles. The summed E-state index contributed by atoms with van der Waals surface area (Å²) in [5, 5.41) is 11.2. The summed E-state index contributed by atoms with van der Waals surface area (Å²) < 4.78 is 24.2. The number of hydrogen-bond donors (Lipinski definition) is 1. The number of nitrogens with zero attached hydrogens (tertiary/aromatic N) is 3. The monoisotopic (exact) mass is 444 g/mol. The van der Waals surface area contributed by atoms with Crippen LogP contribution in [-0.2, 0) is 23.0 Å². The molecule has 0 aliphatic carbocycles. The Labute approximate surface area is 154 Å². The number of alkyl halides is 3. The lowest BCUT2D eigenvalue weighted by Gasteiger charge is -2.43. The lowest BCUT2D eigenvalue weighted by Crippen LogP contribution is -2.59. The highest BCUT2D eigenvalue weighted by Gasteiger charge is 2.49. The molecule has 1 N–H and O–H groups in total. The lowest BCUT2D eigenvalue weighted by molar-refractivity contribution is -0.227. The van der Waals surface area contributed by atoms with Crippen molar-refractivity contribution in [2.45, 2.75) is 34.4 Å². The van der Waals surface area contributed by atoms with Gasteiger partial charge in [-0.3, -0.25) is 5.41 Å². The van der Waals surface area contributed by atoms with E-state index in [4.69, 9.17) is 68.8 Å². The molecule has 15 heteroatoms. The minimum atomic E-state index is -2.10. The molecule has 1 fully saturated rings. The van der Waals surface area contributed by atoms with Gasteiger partial charge in [-0.05, 0) is 5.53 Å². The fourth-order valence-electron chi connectivity index (χ4n) is 1.90. The average Bonchev–Trinajstić information content (AvgIpc) is 2.48. The van der Waals surface area contributed by atoms with Crippen LogP contribution in [0.4, 0.5) is 0 Å². The van der Waals surface area contributed by atoms with Gasteiger partial charge in [0.05, 0.1) is 6.61 Å². The zero-order valence-electron chi connectivity index (χ0n) is 11.3. The molecule has 132 valence electrons. The Kier molecular flexibility index (Phi) is 9.54. The van der Waals surface area contributed by atoms with Crippen LogP contribution in [0.3, 0.4) is 0 Å². The highest BCUT2D eigenvalue weighted by atomic mass is 35.6. The van der Waals surface area contributed by atoms with Crippen LogP contribution in [-0.4, -0.2) is 46.9 Å². The van der Waals surface area contributed by atoms with E-state index < -0.39 is 40.3 Å². The molecule has 0 spiro atoms. The molecule has 1 aliphatic heterocycles. The number of hydrogen-bond acceptors (Lipinski definition) is 7. The number of rotatable bonds is 6. The number of ether oxygens (including phenoxy) is 2. The van der Waals surface area contributed by atoms with Crippen LogP contribution in [0.2, 0.25) is 0 Å². The Hall–Kier alpha value is 0.780. The Balaban J connectivity index is 3.09. The van der Waals surface area contributed by atoms with Gasteiger partial charge in [0, 0.05) is 33.3 Å². The van der Waals surface area contributed by atoms with Gasteiger partial charge in [-0.2, -0.15) is 0 Å². The van der Waals surface area contributed by atoms with E-state index in [-0.39, 0.29) is 6.61 Å². The molecule has 0 bridgehead atoms. The van der Waals surface area contributed by atoms with Crippen LogP contribution < -0.4 is 0 Å². The van der Waals surface area contributed by atoms with E-state index in [9.17, 15) is 0 Å². The summed E-state index contributed by atoms with van der Waals surface area (Å²) in [6.07, 6.45) is -3.33. The van der Waals surface area contributed by atoms with E-state index in [1.807, 2.05) is 9.47 Å². The average molecular weight is 446 g/mol. The van der Waals surface area contributed by atoms with Gasteiger partial charge in [-0.15, -0.1) is 0 Å². The first-order valence-electron chi connectivity index (χ1n) is 5.85. The zero-order chi connectivity index (χ0) is 17.6. The van der Waals surface area contributed by atoms with Crippen molar-refractivity contribution in [2.75, 3.05) is 6.61 Å². The van der Waals surface area contributed by atoms with Crippen LogP contribution in [0.5, 0.6) is 0 Å². The molecular weight excluding hydrogens is 431 g/mol. The molecule has 23 heavy (non-hydrogen) atoms. The normalized spacial score (nSPS) is 31.3. The van der Waals surface area contributed by atoms with E-state index in [0.717, 1.165) is 0 Å². The van der Waals surface area contributed by atoms with Gasteiger partial charge >= 0.3 is 0 Å². The van der Waals surface area contributed by atoms with Crippen LogP contribution in [0.25, 0.3) is 10.4 Å². The molecular formula is C8H14Cl3N4O5P3. The van der Waals surface area contributed by atoms with Gasteiger partial charge in [0.1, 0.15) is 24.4 Å². The van der Waals surface area contributed by atoms with Crippen molar-refractivity contribution >= 4 is 69.1 Å². The zero-order valence-corrected chi connectivity index (χ0v) is 17.1. The summed E-state index contributed by atoms with van der Waals surface area (Å²) >= 11 is 16.7. The van der Waals surface area contributed by atoms with Crippen molar-refractivity contribution in [3.05, 3.63) is 10.4 Å². The maximum Gasteiger partial charge on any atom is 0.265 e. The summed E-state index contributed by atoms with van der Waals surface area (Å²) in [7, 11) is 6.19. The summed E-state index contributed by atoms with van der Waals surface area (Å²) in [5.74, 6) is -0.691. The molecule has 0 aromatic carbocycles. The van der Waals surface area contributed by atoms with Crippen LogP contribution >= 0.6 is 63.2 Å². The maximum absolute atomic E-state index is 8.75. The first-order valence-corrected chi connectivity index (χ1v) is 8.39. The van der Waals surface area contributed by atoms with E-state index in [1.54, 1.807) is 0 Å². The Morgan fingerprint density at radius 2 is 1.87 bits per heavy atom. The first kappa shape index (κ1) is 21.8. The number of azide groups is 1. The second kappa shape index (κ2) is 10.1. The van der Waals surface area contributed by atoms with Crippen molar-refractivity contribution in [3.63, 3.8) is 0 Å². The summed E-state index contributed by atoms with van der Waals surface area (Å²) in [6, 6.07) is -1.00. The third-order valence-corrected chi connectivity index (χ3v) is 4.20. The van der Waals surface area contributed by atoms with Gasteiger partial charge in [0.2, 0.25) is 12.2 Å². The summed E-state index contributed by atoms with van der Waals surface area (Å²) in [5.41, 5.74) is 8.75. The van der Waals surface area contributed by atoms with Gasteiger partial charge < -0.3 is 23.0 Å². The second-order valence-electron chi connectivity index (χ2n) is 4.22. The van der Waals surface area contributed by atoms with Crippen molar-refractivity contribution in [2.24, 2.45) is 5.11 Å². The van der Waals surface area contributed by atoms with Crippen molar-refractivity contribution in [1.29, 1.82) is 5.41 Å². The molecule has 8 atom stereocenters. The van der Waals surface area contributed by atoms with E-state index in [2.05, 4.69) is 29.0 Å². The molecule has 1 aliphatic rings. The van der Waals surface area contributed by atoms with Crippen LogP contribution in [0.15, 0.2) is 5.11 Å². The fourth-order valence-corrected chi connectivity index (χ4v) is 2.87. The quantitative estimate of drug-likeness (QED) is 0.128. The molecule has 0 saturated carbocycles.